The van der Waals surface area contributed by atoms with Crippen molar-refractivity contribution in [1.82, 2.24) is 10.2 Å². The zero-order chi connectivity index (χ0) is 14.0. The first-order chi connectivity index (χ1) is 9.67. The maximum absolute atomic E-state index is 12.3. The van der Waals surface area contributed by atoms with E-state index in [-0.39, 0.29) is 18.3 Å². The lowest BCUT2D eigenvalue weighted by Gasteiger charge is -2.39. The first-order valence-corrected chi connectivity index (χ1v) is 7.78. The molecule has 0 aromatic heterocycles. The Bertz CT molecular complexity index is 474. The monoisotopic (exact) mass is 328 g/mol. The van der Waals surface area contributed by atoms with Gasteiger partial charge in [-0.2, -0.15) is 0 Å². The van der Waals surface area contributed by atoms with Gasteiger partial charge in [-0.1, -0.05) is 23.7 Å². The van der Waals surface area contributed by atoms with E-state index in [9.17, 15) is 4.79 Å². The lowest BCUT2D eigenvalue weighted by atomic mass is 9.78. The van der Waals surface area contributed by atoms with Crippen LogP contribution in [0.3, 0.4) is 0 Å². The van der Waals surface area contributed by atoms with Crippen LogP contribution in [0.15, 0.2) is 24.3 Å². The molecule has 2 aliphatic rings. The van der Waals surface area contributed by atoms with E-state index in [4.69, 9.17) is 11.6 Å². The van der Waals surface area contributed by atoms with Crippen LogP contribution in [-0.2, 0) is 11.2 Å². The van der Waals surface area contributed by atoms with E-state index in [0.717, 1.165) is 49.6 Å². The molecule has 3 nitrogen and oxygen atoms in total. The third kappa shape index (κ3) is 3.91. The molecule has 1 N–H and O–H groups in total. The van der Waals surface area contributed by atoms with Crippen molar-refractivity contribution in [3.05, 3.63) is 34.9 Å². The van der Waals surface area contributed by atoms with Crippen LogP contribution in [0.1, 0.15) is 24.8 Å². The maximum Gasteiger partial charge on any atom is 0.226 e. The van der Waals surface area contributed by atoms with Crippen molar-refractivity contribution in [2.45, 2.75) is 25.7 Å². The molecule has 0 aliphatic carbocycles. The highest BCUT2D eigenvalue weighted by molar-refractivity contribution is 6.30. The van der Waals surface area contributed by atoms with Gasteiger partial charge < -0.3 is 10.2 Å². The highest BCUT2D eigenvalue weighted by Gasteiger charge is 2.37. The molecule has 1 amide bonds. The SMILES string of the molecule is Cl.O=C(Cc1ccc(Cl)cc1)N1CCC2(CCNC2)CC1. The van der Waals surface area contributed by atoms with Crippen molar-refractivity contribution in [2.75, 3.05) is 26.2 Å². The highest BCUT2D eigenvalue weighted by atomic mass is 35.5. The maximum atomic E-state index is 12.3. The van der Waals surface area contributed by atoms with Gasteiger partial charge in [0.2, 0.25) is 5.91 Å². The molecule has 5 heteroatoms. The molecular formula is C16H22Cl2N2O. The summed E-state index contributed by atoms with van der Waals surface area (Å²) >= 11 is 5.86. The summed E-state index contributed by atoms with van der Waals surface area (Å²) in [6.07, 6.45) is 4.05. The zero-order valence-corrected chi connectivity index (χ0v) is 13.7. The molecule has 21 heavy (non-hydrogen) atoms. The number of hydrogen-bond acceptors (Lipinski definition) is 2. The van der Waals surface area contributed by atoms with Crippen LogP contribution in [0, 0.1) is 5.41 Å². The van der Waals surface area contributed by atoms with Gasteiger partial charge in [0.05, 0.1) is 6.42 Å². The third-order valence-corrected chi connectivity index (χ3v) is 5.03. The lowest BCUT2D eigenvalue weighted by molar-refractivity contribution is -0.132. The van der Waals surface area contributed by atoms with E-state index >= 15 is 0 Å². The quantitative estimate of drug-likeness (QED) is 0.905. The van der Waals surface area contributed by atoms with Gasteiger partial charge in [0.15, 0.2) is 0 Å². The molecule has 3 rings (SSSR count). The molecule has 0 saturated carbocycles. The fraction of sp³-hybridized carbons (Fsp3) is 0.562. The Balaban J connectivity index is 0.00000161. The molecule has 2 aliphatic heterocycles. The number of rotatable bonds is 2. The van der Waals surface area contributed by atoms with Gasteiger partial charge >= 0.3 is 0 Å². The second kappa shape index (κ2) is 6.99. The van der Waals surface area contributed by atoms with Gasteiger partial charge in [-0.05, 0) is 48.9 Å². The first-order valence-electron chi connectivity index (χ1n) is 7.40. The summed E-state index contributed by atoms with van der Waals surface area (Å²) in [5.74, 6) is 0.244. The largest absolute Gasteiger partial charge is 0.342 e. The summed E-state index contributed by atoms with van der Waals surface area (Å²) in [4.78, 5) is 14.4. The second-order valence-electron chi connectivity index (χ2n) is 6.11. The predicted octanol–water partition coefficient (Wildman–Crippen LogP) is 2.91. The number of piperidine rings is 1. The minimum atomic E-state index is 0. The highest BCUT2D eigenvalue weighted by Crippen LogP contribution is 2.36. The molecule has 1 aromatic carbocycles. The van der Waals surface area contributed by atoms with Crippen LogP contribution in [-0.4, -0.2) is 37.0 Å². The molecule has 2 fully saturated rings. The van der Waals surface area contributed by atoms with Gasteiger partial charge in [-0.15, -0.1) is 12.4 Å². The van der Waals surface area contributed by atoms with Crippen LogP contribution in [0.5, 0.6) is 0 Å². The minimum Gasteiger partial charge on any atom is -0.342 e. The van der Waals surface area contributed by atoms with Gasteiger partial charge in [-0.3, -0.25) is 4.79 Å². The minimum absolute atomic E-state index is 0. The Morgan fingerprint density at radius 2 is 1.86 bits per heavy atom. The van der Waals surface area contributed by atoms with E-state index in [0.29, 0.717) is 11.8 Å². The molecule has 1 spiro atoms. The normalized spacial score (nSPS) is 20.3. The van der Waals surface area contributed by atoms with Gasteiger partial charge in [0.25, 0.3) is 0 Å². The summed E-state index contributed by atoms with van der Waals surface area (Å²) in [6.45, 7) is 4.09. The summed E-state index contributed by atoms with van der Waals surface area (Å²) in [5.41, 5.74) is 1.51. The van der Waals surface area contributed by atoms with Crippen molar-refractivity contribution in [3.8, 4) is 0 Å². The molecule has 1 aromatic rings. The van der Waals surface area contributed by atoms with Gasteiger partial charge in [0, 0.05) is 24.7 Å². The Kier molecular flexibility index (Phi) is 5.53. The topological polar surface area (TPSA) is 32.3 Å². The van der Waals surface area contributed by atoms with E-state index in [2.05, 4.69) is 5.32 Å². The number of halogens is 2. The van der Waals surface area contributed by atoms with E-state index in [1.54, 1.807) is 0 Å². The van der Waals surface area contributed by atoms with Crippen LogP contribution in [0.2, 0.25) is 5.02 Å². The average Bonchev–Trinajstić information content (AvgIpc) is 2.90. The number of amides is 1. The molecule has 0 unspecified atom stereocenters. The fourth-order valence-electron chi connectivity index (χ4n) is 3.34. The third-order valence-electron chi connectivity index (χ3n) is 4.78. The van der Waals surface area contributed by atoms with Crippen LogP contribution >= 0.6 is 24.0 Å². The Morgan fingerprint density at radius 3 is 2.43 bits per heavy atom. The average molecular weight is 329 g/mol. The Hall–Kier alpha value is -0.770. The zero-order valence-electron chi connectivity index (χ0n) is 12.1. The summed E-state index contributed by atoms with van der Waals surface area (Å²) in [6, 6.07) is 7.57. The molecule has 0 bridgehead atoms. The van der Waals surface area contributed by atoms with Crippen molar-refractivity contribution in [3.63, 3.8) is 0 Å². The predicted molar refractivity (Wildman–Crippen MR) is 88.1 cm³/mol. The summed E-state index contributed by atoms with van der Waals surface area (Å²) < 4.78 is 0. The Morgan fingerprint density at radius 1 is 1.19 bits per heavy atom. The number of nitrogens with zero attached hydrogens (tertiary/aromatic N) is 1. The second-order valence-corrected chi connectivity index (χ2v) is 6.55. The number of carbonyl (C=O) groups excluding carboxylic acids is 1. The molecular weight excluding hydrogens is 307 g/mol. The van der Waals surface area contributed by atoms with Crippen LogP contribution < -0.4 is 5.32 Å². The van der Waals surface area contributed by atoms with Gasteiger partial charge in [-0.25, -0.2) is 0 Å². The number of likely N-dealkylation sites (tertiary alicyclic amines) is 1. The Labute approximate surface area is 137 Å². The van der Waals surface area contributed by atoms with Crippen molar-refractivity contribution in [2.24, 2.45) is 5.41 Å². The molecule has 116 valence electrons. The van der Waals surface area contributed by atoms with Crippen molar-refractivity contribution >= 4 is 29.9 Å². The summed E-state index contributed by atoms with van der Waals surface area (Å²) in [5, 5.41) is 4.17. The van der Waals surface area contributed by atoms with E-state index < -0.39 is 0 Å². The number of benzene rings is 1. The molecule has 2 saturated heterocycles. The van der Waals surface area contributed by atoms with Crippen LogP contribution in [0.4, 0.5) is 0 Å². The number of nitrogens with one attached hydrogen (secondary N) is 1. The first kappa shape index (κ1) is 16.6. The fourth-order valence-corrected chi connectivity index (χ4v) is 3.47. The van der Waals surface area contributed by atoms with Crippen molar-refractivity contribution < 1.29 is 4.79 Å². The van der Waals surface area contributed by atoms with Crippen LogP contribution in [0.25, 0.3) is 0 Å². The lowest BCUT2D eigenvalue weighted by Crippen LogP contribution is -2.44. The molecule has 0 atom stereocenters. The number of carbonyl (C=O) groups is 1. The van der Waals surface area contributed by atoms with E-state index in [1.807, 2.05) is 29.2 Å². The number of hydrogen-bond donors (Lipinski definition) is 1. The standard InChI is InChI=1S/C16H21ClN2O.ClH/c17-14-3-1-13(2-4-14)11-15(20)19-9-6-16(7-10-19)5-8-18-12-16;/h1-4,18H,5-12H2;1H. The smallest absolute Gasteiger partial charge is 0.226 e. The van der Waals surface area contributed by atoms with Crippen molar-refractivity contribution in [1.29, 1.82) is 0 Å². The summed E-state index contributed by atoms with van der Waals surface area (Å²) in [7, 11) is 0. The molecule has 2 heterocycles. The van der Waals surface area contributed by atoms with Gasteiger partial charge in [0.1, 0.15) is 0 Å². The molecule has 0 radical (unpaired) electrons. The van der Waals surface area contributed by atoms with E-state index in [1.165, 1.54) is 6.42 Å².